The Balaban J connectivity index is 1.80. The summed E-state index contributed by atoms with van der Waals surface area (Å²) in [4.78, 5) is 32.9. The van der Waals surface area contributed by atoms with Gasteiger partial charge in [-0.1, -0.05) is 0 Å². The van der Waals surface area contributed by atoms with E-state index in [4.69, 9.17) is 9.84 Å². The van der Waals surface area contributed by atoms with Crippen molar-refractivity contribution in [2.45, 2.75) is 6.61 Å². The third kappa shape index (κ3) is 4.71. The number of rotatable bonds is 7. The zero-order chi connectivity index (χ0) is 21.8. The Morgan fingerprint density at radius 1 is 1.37 bits per heavy atom. The van der Waals surface area contributed by atoms with E-state index in [0.717, 1.165) is 16.7 Å². The van der Waals surface area contributed by atoms with Crippen molar-refractivity contribution in [2.24, 2.45) is 0 Å². The fourth-order valence-corrected chi connectivity index (χ4v) is 3.60. The van der Waals surface area contributed by atoms with Crippen LogP contribution in [0.25, 0.3) is 6.08 Å². The number of amides is 2. The molecule has 0 spiro atoms. The summed E-state index contributed by atoms with van der Waals surface area (Å²) in [6.45, 7) is 0.192. The molecule has 1 aromatic carbocycles. The number of likely N-dealkylation sites (N-methyl/N-ethyl adjacent to an activating group) is 1. The molecule has 158 valence electrons. The minimum atomic E-state index is -0.964. The van der Waals surface area contributed by atoms with Crippen molar-refractivity contribution in [1.82, 2.24) is 14.9 Å². The monoisotopic (exact) mass is 498 g/mol. The highest BCUT2D eigenvalue weighted by Gasteiger charge is 2.32. The summed E-state index contributed by atoms with van der Waals surface area (Å²) in [6, 6.07) is 1.35. The number of anilines is 1. The standard InChI is InChI=1S/C18H16BrFN4O5S/c1-24-16(27)12(30-18(24)28)5-10-4-11(15(26)14(20)13(10)19)29-8-9-6-22-17(23-7-9)21-2-3-25/h4-7,25-26H,2-3,8H2,1H3,(H,21,22,23)/b12-5-. The van der Waals surface area contributed by atoms with E-state index in [2.05, 4.69) is 31.2 Å². The first-order valence-corrected chi connectivity index (χ1v) is 10.1. The fraction of sp³-hybridized carbons (Fsp3) is 0.222. The maximum atomic E-state index is 14.4. The summed E-state index contributed by atoms with van der Waals surface area (Å²) >= 11 is 3.78. The van der Waals surface area contributed by atoms with Crippen LogP contribution in [0.2, 0.25) is 0 Å². The lowest BCUT2D eigenvalue weighted by Crippen LogP contribution is -2.22. The first kappa shape index (κ1) is 22.0. The number of imide groups is 1. The van der Waals surface area contributed by atoms with E-state index < -0.39 is 22.7 Å². The van der Waals surface area contributed by atoms with Gasteiger partial charge in [-0.3, -0.25) is 14.5 Å². The molecule has 1 fully saturated rings. The van der Waals surface area contributed by atoms with Gasteiger partial charge in [-0.05, 0) is 45.4 Å². The zero-order valence-corrected chi connectivity index (χ0v) is 18.0. The Labute approximate surface area is 183 Å². The summed E-state index contributed by atoms with van der Waals surface area (Å²) in [5.41, 5.74) is 0.778. The third-order valence-corrected chi connectivity index (χ3v) is 5.71. The number of aromatic nitrogens is 2. The second-order valence-electron chi connectivity index (χ2n) is 6.04. The first-order chi connectivity index (χ1) is 14.3. The smallest absolute Gasteiger partial charge is 0.293 e. The lowest BCUT2D eigenvalue weighted by Gasteiger charge is -2.12. The molecular weight excluding hydrogens is 483 g/mol. The summed E-state index contributed by atoms with van der Waals surface area (Å²) in [6.07, 6.45) is 4.31. The molecule has 0 radical (unpaired) electrons. The Morgan fingerprint density at radius 3 is 2.67 bits per heavy atom. The Morgan fingerprint density at radius 2 is 2.07 bits per heavy atom. The lowest BCUT2D eigenvalue weighted by atomic mass is 10.1. The van der Waals surface area contributed by atoms with E-state index in [1.54, 1.807) is 0 Å². The molecule has 3 rings (SSSR count). The Kier molecular flexibility index (Phi) is 6.90. The number of hydrogen-bond acceptors (Lipinski definition) is 9. The topological polar surface area (TPSA) is 125 Å². The van der Waals surface area contributed by atoms with E-state index in [9.17, 15) is 19.1 Å². The summed E-state index contributed by atoms with van der Waals surface area (Å²) < 4.78 is 19.9. The minimum Gasteiger partial charge on any atom is -0.502 e. The van der Waals surface area contributed by atoms with Gasteiger partial charge in [-0.25, -0.2) is 14.4 Å². The van der Waals surface area contributed by atoms with Crippen molar-refractivity contribution >= 4 is 50.9 Å². The quantitative estimate of drug-likeness (QED) is 0.494. The molecule has 3 N–H and O–H groups in total. The molecule has 1 saturated heterocycles. The number of halogens is 2. The van der Waals surface area contributed by atoms with Gasteiger partial charge >= 0.3 is 0 Å². The minimum absolute atomic E-state index is 0.0557. The van der Waals surface area contributed by atoms with Gasteiger partial charge < -0.3 is 20.3 Å². The molecule has 0 bridgehead atoms. The summed E-state index contributed by atoms with van der Waals surface area (Å²) in [5, 5.41) is 21.2. The number of ether oxygens (including phenoxy) is 1. The largest absolute Gasteiger partial charge is 0.502 e. The summed E-state index contributed by atoms with van der Waals surface area (Å²) in [5.74, 6) is -1.99. The molecule has 1 aliphatic heterocycles. The molecule has 2 heterocycles. The predicted molar refractivity (Wildman–Crippen MR) is 111 cm³/mol. The van der Waals surface area contributed by atoms with Crippen LogP contribution in [0.1, 0.15) is 11.1 Å². The summed E-state index contributed by atoms with van der Waals surface area (Å²) in [7, 11) is 1.35. The highest BCUT2D eigenvalue weighted by molar-refractivity contribution is 9.10. The van der Waals surface area contributed by atoms with Crippen LogP contribution >= 0.6 is 27.7 Å². The number of nitrogens with zero attached hydrogens (tertiary/aromatic N) is 3. The predicted octanol–water partition coefficient (Wildman–Crippen LogP) is 2.73. The van der Waals surface area contributed by atoms with Gasteiger partial charge in [-0.2, -0.15) is 0 Å². The van der Waals surface area contributed by atoms with Crippen LogP contribution in [0, 0.1) is 5.82 Å². The number of carbonyl (C=O) groups excluding carboxylic acids is 2. The molecule has 2 aromatic rings. The highest BCUT2D eigenvalue weighted by Crippen LogP contribution is 2.40. The lowest BCUT2D eigenvalue weighted by molar-refractivity contribution is -0.121. The SMILES string of the molecule is CN1C(=O)S/C(=C\c2cc(OCc3cnc(NCCO)nc3)c(O)c(F)c2Br)C1=O. The van der Waals surface area contributed by atoms with Crippen molar-refractivity contribution in [3.05, 3.63) is 44.8 Å². The van der Waals surface area contributed by atoms with Crippen molar-refractivity contribution in [3.8, 4) is 11.5 Å². The number of aromatic hydroxyl groups is 1. The molecule has 0 unspecified atom stereocenters. The van der Waals surface area contributed by atoms with Crippen molar-refractivity contribution in [3.63, 3.8) is 0 Å². The van der Waals surface area contributed by atoms with Crippen LogP contribution in [-0.4, -0.2) is 56.4 Å². The number of hydrogen-bond donors (Lipinski definition) is 3. The van der Waals surface area contributed by atoms with Crippen LogP contribution < -0.4 is 10.1 Å². The number of aliphatic hydroxyl groups excluding tert-OH is 1. The van der Waals surface area contributed by atoms with Gasteiger partial charge in [0.15, 0.2) is 17.3 Å². The Hall–Kier alpha value is -2.70. The van der Waals surface area contributed by atoms with Crippen LogP contribution in [-0.2, 0) is 11.4 Å². The molecule has 0 aliphatic carbocycles. The zero-order valence-electron chi connectivity index (χ0n) is 15.6. The molecule has 1 aliphatic rings. The molecule has 1 aromatic heterocycles. The van der Waals surface area contributed by atoms with Crippen molar-refractivity contribution in [1.29, 1.82) is 0 Å². The van der Waals surface area contributed by atoms with Gasteiger partial charge in [0.25, 0.3) is 11.1 Å². The van der Waals surface area contributed by atoms with Gasteiger partial charge in [0, 0.05) is 31.5 Å². The van der Waals surface area contributed by atoms with Crippen LogP contribution in [0.15, 0.2) is 27.8 Å². The van der Waals surface area contributed by atoms with E-state index in [1.165, 1.54) is 31.6 Å². The molecule has 12 heteroatoms. The van der Waals surface area contributed by atoms with E-state index in [-0.39, 0.29) is 33.9 Å². The maximum Gasteiger partial charge on any atom is 0.293 e. The normalized spacial score (nSPS) is 15.2. The van der Waals surface area contributed by atoms with Crippen LogP contribution in [0.4, 0.5) is 15.1 Å². The van der Waals surface area contributed by atoms with Gasteiger partial charge in [0.2, 0.25) is 5.95 Å². The first-order valence-electron chi connectivity index (χ1n) is 8.52. The second-order valence-corrected chi connectivity index (χ2v) is 7.82. The van der Waals surface area contributed by atoms with Crippen molar-refractivity contribution in [2.75, 3.05) is 25.5 Å². The number of phenols is 1. The molecular formula is C18H16BrFN4O5S. The van der Waals surface area contributed by atoms with E-state index in [1.807, 2.05) is 0 Å². The fourth-order valence-electron chi connectivity index (χ4n) is 2.36. The number of benzene rings is 1. The maximum absolute atomic E-state index is 14.4. The number of aliphatic hydroxyl groups is 1. The molecule has 2 amide bonds. The second kappa shape index (κ2) is 9.41. The van der Waals surface area contributed by atoms with Gasteiger partial charge in [-0.15, -0.1) is 0 Å². The van der Waals surface area contributed by atoms with Crippen molar-refractivity contribution < 1.29 is 28.9 Å². The van der Waals surface area contributed by atoms with E-state index in [0.29, 0.717) is 18.1 Å². The average molecular weight is 499 g/mol. The molecule has 0 atom stereocenters. The molecule has 0 saturated carbocycles. The number of phenolic OH excluding ortho intramolecular Hbond substituents is 1. The van der Waals surface area contributed by atoms with Gasteiger partial charge in [0.05, 0.1) is 16.0 Å². The third-order valence-electron chi connectivity index (χ3n) is 3.94. The number of carbonyl (C=O) groups is 2. The highest BCUT2D eigenvalue weighted by atomic mass is 79.9. The molecule has 30 heavy (non-hydrogen) atoms. The molecule has 9 nitrogen and oxygen atoms in total. The number of nitrogens with one attached hydrogen (secondary N) is 1. The Bertz CT molecular complexity index is 1020. The average Bonchev–Trinajstić information content (AvgIpc) is 2.99. The van der Waals surface area contributed by atoms with E-state index >= 15 is 0 Å². The van der Waals surface area contributed by atoms with Crippen LogP contribution in [0.3, 0.4) is 0 Å². The number of thioether (sulfide) groups is 1. The van der Waals surface area contributed by atoms with Gasteiger partial charge in [0.1, 0.15) is 6.61 Å². The van der Waals surface area contributed by atoms with Crippen LogP contribution in [0.5, 0.6) is 11.5 Å².